The highest BCUT2D eigenvalue weighted by Gasteiger charge is 2.48. The third kappa shape index (κ3) is 7.47. The van der Waals surface area contributed by atoms with Crippen molar-refractivity contribution < 1.29 is 64.2 Å². The molecule has 4 heterocycles. The Labute approximate surface area is 253 Å². The molecule has 0 aliphatic carbocycles. The van der Waals surface area contributed by atoms with E-state index < -0.39 is 80.7 Å². The van der Waals surface area contributed by atoms with E-state index in [-0.39, 0.29) is 19.4 Å². The summed E-state index contributed by atoms with van der Waals surface area (Å²) in [6.07, 6.45) is -12.0. The minimum atomic E-state index is -1.68. The zero-order chi connectivity index (χ0) is 31.4. The summed E-state index contributed by atoms with van der Waals surface area (Å²) in [7, 11) is 0. The lowest BCUT2D eigenvalue weighted by molar-refractivity contribution is -0.336. The Morgan fingerprint density at radius 1 is 0.886 bits per heavy atom. The maximum atomic E-state index is 10.7. The summed E-state index contributed by atoms with van der Waals surface area (Å²) in [4.78, 5) is 4.16. The van der Waals surface area contributed by atoms with Crippen LogP contribution in [0, 0.1) is 0 Å². The van der Waals surface area contributed by atoms with Gasteiger partial charge < -0.3 is 69.5 Å². The first-order chi connectivity index (χ1) is 21.2. The number of fused-ring (bicyclic) bond motifs is 1. The Morgan fingerprint density at radius 2 is 1.59 bits per heavy atom. The molecule has 2 fully saturated rings. The molecule has 1 aromatic heterocycles. The summed E-state index contributed by atoms with van der Waals surface area (Å²) in [6.45, 7) is 1.36. The number of benzene rings is 1. The number of hydrogen-bond acceptors (Lipinski definition) is 15. The van der Waals surface area contributed by atoms with Crippen molar-refractivity contribution in [1.82, 2.24) is 10.3 Å². The molecular weight excluding hydrogens is 584 g/mol. The largest absolute Gasteiger partial charge is 0.454 e. The summed E-state index contributed by atoms with van der Waals surface area (Å²) in [6, 6.07) is 9.28. The number of nitrogens with zero attached hydrogens (tertiary/aromatic N) is 1. The van der Waals surface area contributed by atoms with Gasteiger partial charge in [-0.2, -0.15) is 0 Å². The predicted octanol–water partition coefficient (Wildman–Crippen LogP) is -2.29. The van der Waals surface area contributed by atoms with Gasteiger partial charge in [-0.25, -0.2) is 0 Å². The summed E-state index contributed by atoms with van der Waals surface area (Å²) in [5.41, 5.74) is 1.71. The first-order valence-electron chi connectivity index (χ1n) is 14.4. The number of aliphatic hydroxyl groups is 7. The molecule has 0 spiro atoms. The lowest BCUT2D eigenvalue weighted by Gasteiger charge is -2.43. The second-order valence-electron chi connectivity index (χ2n) is 11.2. The average molecular weight is 625 g/mol. The number of aromatic nitrogens is 1. The quantitative estimate of drug-likeness (QED) is 0.125. The number of ether oxygens (including phenoxy) is 6. The lowest BCUT2D eigenvalue weighted by Crippen LogP contribution is -2.62. The van der Waals surface area contributed by atoms with Crippen LogP contribution >= 0.6 is 0 Å². The third-order valence-corrected chi connectivity index (χ3v) is 7.93. The van der Waals surface area contributed by atoms with Gasteiger partial charge in [0.15, 0.2) is 24.1 Å². The number of nitrogens with one attached hydrogen (secondary N) is 1. The van der Waals surface area contributed by atoms with Crippen molar-refractivity contribution >= 4 is 0 Å². The van der Waals surface area contributed by atoms with E-state index in [0.29, 0.717) is 23.5 Å². The molecule has 0 bridgehead atoms. The van der Waals surface area contributed by atoms with Gasteiger partial charge in [0.25, 0.3) is 0 Å². The van der Waals surface area contributed by atoms with E-state index in [2.05, 4.69) is 10.3 Å². The Bertz CT molecular complexity index is 1190. The van der Waals surface area contributed by atoms with Crippen LogP contribution in [-0.4, -0.2) is 135 Å². The maximum absolute atomic E-state index is 10.7. The monoisotopic (exact) mass is 624 g/mol. The van der Waals surface area contributed by atoms with E-state index in [9.17, 15) is 35.7 Å². The van der Waals surface area contributed by atoms with Crippen molar-refractivity contribution in [3.63, 3.8) is 0 Å². The predicted molar refractivity (Wildman–Crippen MR) is 148 cm³/mol. The summed E-state index contributed by atoms with van der Waals surface area (Å²) in [5, 5.41) is 75.1. The van der Waals surface area contributed by atoms with Gasteiger partial charge in [0.2, 0.25) is 6.79 Å². The van der Waals surface area contributed by atoms with Gasteiger partial charge in [-0.3, -0.25) is 4.98 Å². The van der Waals surface area contributed by atoms with Crippen molar-refractivity contribution in [2.75, 3.05) is 26.6 Å². The molecule has 3 aliphatic heterocycles. The fourth-order valence-corrected chi connectivity index (χ4v) is 5.34. The molecule has 15 nitrogen and oxygen atoms in total. The van der Waals surface area contributed by atoms with E-state index >= 15 is 0 Å². The zero-order valence-corrected chi connectivity index (χ0v) is 24.0. The van der Waals surface area contributed by atoms with Gasteiger partial charge in [-0.1, -0.05) is 12.1 Å². The highest BCUT2D eigenvalue weighted by molar-refractivity contribution is 5.44. The fraction of sp³-hybridized carbons (Fsp3) is 0.621. The third-order valence-electron chi connectivity index (χ3n) is 7.93. The van der Waals surface area contributed by atoms with Crippen LogP contribution in [-0.2, 0) is 25.4 Å². The summed E-state index contributed by atoms with van der Waals surface area (Å²) >= 11 is 0. The van der Waals surface area contributed by atoms with E-state index in [4.69, 9.17) is 28.4 Å². The van der Waals surface area contributed by atoms with Crippen molar-refractivity contribution in [3.05, 3.63) is 53.9 Å². The van der Waals surface area contributed by atoms with Gasteiger partial charge in [0.05, 0.1) is 19.3 Å². The smallest absolute Gasteiger partial charge is 0.231 e. The molecule has 12 atom stereocenters. The van der Waals surface area contributed by atoms with E-state index in [1.54, 1.807) is 24.5 Å². The number of pyridine rings is 1. The molecule has 1 aromatic carbocycles. The molecule has 3 aliphatic rings. The van der Waals surface area contributed by atoms with E-state index in [0.717, 1.165) is 5.56 Å². The van der Waals surface area contributed by atoms with Crippen LogP contribution in [0.15, 0.2) is 42.7 Å². The minimum absolute atomic E-state index is 0.0116. The first kappa shape index (κ1) is 32.9. The Morgan fingerprint density at radius 3 is 2.32 bits per heavy atom. The Balaban J connectivity index is 1.22. The number of rotatable bonds is 12. The SMILES string of the molecule is CC(Cc1ccc2c(c1)OCO2)NC[C@H](O[C@@H]1O[C@H](CO[C@@H]2O[C@H](CO)[C@@H](O)[C@H](O)[C@H]2O)[C@@H](O)[C@H](O)[C@H]1O)c1cccnc1. The second kappa shape index (κ2) is 14.7. The summed E-state index contributed by atoms with van der Waals surface area (Å²) in [5.74, 6) is 1.40. The summed E-state index contributed by atoms with van der Waals surface area (Å²) < 4.78 is 33.7. The molecule has 0 amide bonds. The van der Waals surface area contributed by atoms with Crippen molar-refractivity contribution in [2.24, 2.45) is 0 Å². The van der Waals surface area contributed by atoms with Gasteiger partial charge in [0, 0.05) is 30.5 Å². The molecule has 2 saturated heterocycles. The molecule has 0 saturated carbocycles. The normalized spacial score (nSPS) is 34.9. The second-order valence-corrected chi connectivity index (χ2v) is 11.2. The van der Waals surface area contributed by atoms with Crippen LogP contribution in [0.2, 0.25) is 0 Å². The molecule has 8 N–H and O–H groups in total. The zero-order valence-electron chi connectivity index (χ0n) is 24.0. The molecule has 0 radical (unpaired) electrons. The topological polar surface area (TPSA) is 222 Å². The van der Waals surface area contributed by atoms with Gasteiger partial charge >= 0.3 is 0 Å². The van der Waals surface area contributed by atoms with Crippen molar-refractivity contribution in [1.29, 1.82) is 0 Å². The Hall–Kier alpha value is -2.51. The van der Waals surface area contributed by atoms with E-state index in [1.807, 2.05) is 25.1 Å². The minimum Gasteiger partial charge on any atom is -0.454 e. The highest BCUT2D eigenvalue weighted by Crippen LogP contribution is 2.33. The maximum Gasteiger partial charge on any atom is 0.231 e. The van der Waals surface area contributed by atoms with Crippen molar-refractivity contribution in [3.8, 4) is 11.5 Å². The van der Waals surface area contributed by atoms with Gasteiger partial charge in [0.1, 0.15) is 48.8 Å². The molecule has 1 unspecified atom stereocenters. The number of aliphatic hydroxyl groups excluding tert-OH is 7. The van der Waals surface area contributed by atoms with Gasteiger partial charge in [-0.05, 0) is 37.1 Å². The molecule has 5 rings (SSSR count). The van der Waals surface area contributed by atoms with Crippen LogP contribution < -0.4 is 14.8 Å². The van der Waals surface area contributed by atoms with Crippen LogP contribution in [0.4, 0.5) is 0 Å². The lowest BCUT2D eigenvalue weighted by atomic mass is 9.98. The van der Waals surface area contributed by atoms with Crippen LogP contribution in [0.5, 0.6) is 11.5 Å². The molecule has 244 valence electrons. The van der Waals surface area contributed by atoms with Crippen LogP contribution in [0.1, 0.15) is 24.2 Å². The Kier molecular flexibility index (Phi) is 11.0. The molecular formula is C29H40N2O13. The molecule has 15 heteroatoms. The van der Waals surface area contributed by atoms with Crippen LogP contribution in [0.25, 0.3) is 0 Å². The van der Waals surface area contributed by atoms with Gasteiger partial charge in [-0.15, -0.1) is 0 Å². The molecule has 2 aromatic rings. The average Bonchev–Trinajstić information content (AvgIpc) is 3.50. The first-order valence-corrected chi connectivity index (χ1v) is 14.4. The van der Waals surface area contributed by atoms with Crippen LogP contribution in [0.3, 0.4) is 0 Å². The highest BCUT2D eigenvalue weighted by atomic mass is 16.7. The standard InChI is InChI=1S/C29H40N2O13/c1-14(7-15-4-5-17-18(8-15)41-13-40-17)31-10-19(16-3-2-6-30-9-16)42-29-27(38)25(36)23(34)21(44-29)12-39-28-26(37)24(35)22(33)20(11-32)43-28/h2-6,8-9,14,19-29,31-38H,7,10-13H2,1H3/t14?,19-,20+,21+,22+,23+,24-,25-,26+,27+,28+,29+/m0/s1. The van der Waals surface area contributed by atoms with Crippen molar-refractivity contribution in [2.45, 2.75) is 86.9 Å². The van der Waals surface area contributed by atoms with E-state index in [1.165, 1.54) is 0 Å². The molecule has 44 heavy (non-hydrogen) atoms. The number of hydrogen-bond donors (Lipinski definition) is 8. The fourth-order valence-electron chi connectivity index (χ4n) is 5.34.